The first-order valence-electron chi connectivity index (χ1n) is 3.31. The van der Waals surface area contributed by atoms with E-state index in [1.165, 1.54) is 24.3 Å². The smallest absolute Gasteiger partial charge is 0.248 e. The van der Waals surface area contributed by atoms with E-state index >= 15 is 0 Å². The highest BCUT2D eigenvalue weighted by Crippen LogP contribution is 2.02. The quantitative estimate of drug-likeness (QED) is 0.535. The van der Waals surface area contributed by atoms with E-state index in [2.05, 4.69) is 0 Å². The van der Waals surface area contributed by atoms with Crippen LogP contribution in [-0.2, 0) is 0 Å². The molecule has 0 aliphatic heterocycles. The average Bonchev–Trinajstić information content (AvgIpc) is 2.04. The Morgan fingerprint density at radius 3 is 1.14 bits per heavy atom. The molecule has 78 valence electrons. The highest BCUT2D eigenvalue weighted by molar-refractivity contribution is 5.96. The van der Waals surface area contributed by atoms with E-state index in [0.717, 1.165) is 0 Å². The van der Waals surface area contributed by atoms with Gasteiger partial charge in [-0.05, 0) is 24.3 Å². The van der Waals surface area contributed by atoms with Crippen molar-refractivity contribution >= 4 is 11.8 Å². The van der Waals surface area contributed by atoms with Crippen molar-refractivity contribution in [3.63, 3.8) is 0 Å². The molecule has 0 spiro atoms. The Balaban J connectivity index is 0. The van der Waals surface area contributed by atoms with Crippen molar-refractivity contribution in [3.8, 4) is 0 Å². The molecule has 0 radical (unpaired) electrons. The SMILES string of the molecule is N.N.NC(=O)c1ccc(C(N)=O)cc1. The maximum atomic E-state index is 10.6. The van der Waals surface area contributed by atoms with Crippen LogP contribution in [0.25, 0.3) is 0 Å². The molecular formula is C8H14N4O2. The van der Waals surface area contributed by atoms with Gasteiger partial charge >= 0.3 is 0 Å². The highest BCUT2D eigenvalue weighted by atomic mass is 16.1. The Hall–Kier alpha value is -1.92. The summed E-state index contributed by atoms with van der Waals surface area (Å²) in [7, 11) is 0. The Labute approximate surface area is 81.4 Å². The maximum absolute atomic E-state index is 10.6. The number of amides is 2. The van der Waals surface area contributed by atoms with E-state index < -0.39 is 11.8 Å². The highest BCUT2D eigenvalue weighted by Gasteiger charge is 2.02. The van der Waals surface area contributed by atoms with Gasteiger partial charge in [-0.1, -0.05) is 0 Å². The first kappa shape index (κ1) is 14.6. The molecule has 0 bridgehead atoms. The van der Waals surface area contributed by atoms with E-state index in [0.29, 0.717) is 11.1 Å². The van der Waals surface area contributed by atoms with Crippen molar-refractivity contribution in [3.05, 3.63) is 35.4 Å². The van der Waals surface area contributed by atoms with Crippen LogP contribution in [0.4, 0.5) is 0 Å². The molecule has 0 fully saturated rings. The van der Waals surface area contributed by atoms with Crippen molar-refractivity contribution in [2.75, 3.05) is 0 Å². The van der Waals surface area contributed by atoms with Gasteiger partial charge in [-0.2, -0.15) is 0 Å². The summed E-state index contributed by atoms with van der Waals surface area (Å²) >= 11 is 0. The van der Waals surface area contributed by atoms with E-state index in [9.17, 15) is 9.59 Å². The molecule has 0 atom stereocenters. The number of nitrogens with two attached hydrogens (primary N) is 2. The van der Waals surface area contributed by atoms with Crippen LogP contribution in [0.3, 0.4) is 0 Å². The molecule has 0 aliphatic carbocycles. The Kier molecular flexibility index (Phi) is 5.92. The molecule has 0 saturated carbocycles. The van der Waals surface area contributed by atoms with E-state index in [1.54, 1.807) is 0 Å². The zero-order valence-electron chi connectivity index (χ0n) is 7.69. The van der Waals surface area contributed by atoms with Crippen molar-refractivity contribution in [2.45, 2.75) is 0 Å². The summed E-state index contributed by atoms with van der Waals surface area (Å²) < 4.78 is 0. The molecule has 2 amide bonds. The van der Waals surface area contributed by atoms with Crippen molar-refractivity contribution < 1.29 is 9.59 Å². The fourth-order valence-corrected chi connectivity index (χ4v) is 0.799. The minimum atomic E-state index is -0.522. The molecule has 0 aliphatic rings. The molecule has 0 heterocycles. The molecule has 6 heteroatoms. The summed E-state index contributed by atoms with van der Waals surface area (Å²) in [5.41, 5.74) is 10.7. The van der Waals surface area contributed by atoms with Gasteiger partial charge in [-0.3, -0.25) is 9.59 Å². The summed E-state index contributed by atoms with van der Waals surface area (Å²) in [4.78, 5) is 21.2. The third kappa shape index (κ3) is 3.21. The number of carbonyl (C=O) groups excluding carboxylic acids is 2. The summed E-state index contributed by atoms with van der Waals surface area (Å²) in [6, 6.07) is 5.84. The lowest BCUT2D eigenvalue weighted by molar-refractivity contribution is 0.0988. The molecule has 0 unspecified atom stereocenters. The topological polar surface area (TPSA) is 156 Å². The van der Waals surface area contributed by atoms with Gasteiger partial charge in [-0.15, -0.1) is 0 Å². The molecule has 1 rings (SSSR count). The molecule has 6 nitrogen and oxygen atoms in total. The second-order valence-electron chi connectivity index (χ2n) is 2.31. The zero-order valence-corrected chi connectivity index (χ0v) is 7.69. The van der Waals surface area contributed by atoms with Crippen LogP contribution in [0, 0.1) is 0 Å². The summed E-state index contributed by atoms with van der Waals surface area (Å²) in [5.74, 6) is -1.04. The maximum Gasteiger partial charge on any atom is 0.248 e. The van der Waals surface area contributed by atoms with Gasteiger partial charge in [0.05, 0.1) is 0 Å². The third-order valence-corrected chi connectivity index (χ3v) is 1.45. The van der Waals surface area contributed by atoms with Crippen molar-refractivity contribution in [2.24, 2.45) is 11.5 Å². The molecule has 1 aromatic carbocycles. The number of hydrogen-bond acceptors (Lipinski definition) is 4. The predicted octanol–water partition coefficient (Wildman–Crippen LogP) is 0.208. The molecular weight excluding hydrogens is 184 g/mol. The van der Waals surface area contributed by atoms with Crippen LogP contribution < -0.4 is 23.8 Å². The lowest BCUT2D eigenvalue weighted by atomic mass is 10.1. The van der Waals surface area contributed by atoms with Gasteiger partial charge in [0.25, 0.3) is 0 Å². The fraction of sp³-hybridized carbons (Fsp3) is 0. The lowest BCUT2D eigenvalue weighted by Crippen LogP contribution is -2.13. The normalized spacial score (nSPS) is 8.00. The second-order valence-corrected chi connectivity index (χ2v) is 2.31. The molecule has 0 saturated heterocycles. The van der Waals surface area contributed by atoms with Crippen LogP contribution in [0.5, 0.6) is 0 Å². The summed E-state index contributed by atoms with van der Waals surface area (Å²) in [6.07, 6.45) is 0. The number of primary amides is 2. The first-order chi connectivity index (χ1) is 5.61. The minimum absolute atomic E-state index is 0. The van der Waals surface area contributed by atoms with Crippen LogP contribution in [0.2, 0.25) is 0 Å². The third-order valence-electron chi connectivity index (χ3n) is 1.45. The summed E-state index contributed by atoms with van der Waals surface area (Å²) in [5, 5.41) is 0. The molecule has 0 aromatic heterocycles. The average molecular weight is 198 g/mol. The predicted molar refractivity (Wildman–Crippen MR) is 53.5 cm³/mol. The molecule has 10 N–H and O–H groups in total. The second kappa shape index (κ2) is 5.68. The largest absolute Gasteiger partial charge is 0.366 e. The Morgan fingerprint density at radius 1 is 0.786 bits per heavy atom. The van der Waals surface area contributed by atoms with Gasteiger partial charge in [0, 0.05) is 11.1 Å². The number of rotatable bonds is 2. The standard InChI is InChI=1S/C8H8N2O2.2H3N/c9-7(11)5-1-2-6(4-3-5)8(10)12;;/h1-4H,(H2,9,11)(H2,10,12);2*1H3. The fourth-order valence-electron chi connectivity index (χ4n) is 0.799. The monoisotopic (exact) mass is 198 g/mol. The van der Waals surface area contributed by atoms with Crippen LogP contribution in [0.15, 0.2) is 24.3 Å². The molecule has 1 aromatic rings. The minimum Gasteiger partial charge on any atom is -0.366 e. The first-order valence-corrected chi connectivity index (χ1v) is 3.31. The van der Waals surface area contributed by atoms with E-state index in [1.807, 2.05) is 0 Å². The van der Waals surface area contributed by atoms with Crippen LogP contribution in [-0.4, -0.2) is 11.8 Å². The van der Waals surface area contributed by atoms with E-state index in [-0.39, 0.29) is 12.3 Å². The number of benzene rings is 1. The van der Waals surface area contributed by atoms with Crippen LogP contribution >= 0.6 is 0 Å². The summed E-state index contributed by atoms with van der Waals surface area (Å²) in [6.45, 7) is 0. The van der Waals surface area contributed by atoms with Gasteiger partial charge in [0.2, 0.25) is 11.8 Å². The van der Waals surface area contributed by atoms with Crippen molar-refractivity contribution in [1.29, 1.82) is 0 Å². The Morgan fingerprint density at radius 2 is 1.00 bits per heavy atom. The van der Waals surface area contributed by atoms with Crippen LogP contribution in [0.1, 0.15) is 20.7 Å². The zero-order chi connectivity index (χ0) is 9.14. The van der Waals surface area contributed by atoms with Gasteiger partial charge in [-0.25, -0.2) is 0 Å². The molecule has 14 heavy (non-hydrogen) atoms. The van der Waals surface area contributed by atoms with Gasteiger partial charge in [0.15, 0.2) is 0 Å². The number of carbonyl (C=O) groups is 2. The Bertz CT molecular complexity index is 288. The van der Waals surface area contributed by atoms with Gasteiger partial charge < -0.3 is 23.8 Å². The van der Waals surface area contributed by atoms with Gasteiger partial charge in [0.1, 0.15) is 0 Å². The van der Waals surface area contributed by atoms with Crippen molar-refractivity contribution in [1.82, 2.24) is 12.3 Å². The lowest BCUT2D eigenvalue weighted by Gasteiger charge is -1.96. The number of hydrogen-bond donors (Lipinski definition) is 4. The van der Waals surface area contributed by atoms with E-state index in [4.69, 9.17) is 11.5 Å².